The van der Waals surface area contributed by atoms with Crippen LogP contribution >= 0.6 is 0 Å². The van der Waals surface area contributed by atoms with Gasteiger partial charge in [0, 0.05) is 32.2 Å². The Labute approximate surface area is 177 Å². The molecule has 2 aliphatic rings. The molecule has 0 aromatic heterocycles. The van der Waals surface area contributed by atoms with E-state index in [0.29, 0.717) is 56.1 Å². The second kappa shape index (κ2) is 8.06. The molecular weight excluding hydrogens is 389 g/mol. The van der Waals surface area contributed by atoms with Crippen LogP contribution in [0.1, 0.15) is 39.2 Å². The minimum atomic E-state index is -0.979. The molecule has 0 N–H and O–H groups in total. The molecule has 7 nitrogen and oxygen atoms in total. The van der Waals surface area contributed by atoms with Crippen LogP contribution in [0.15, 0.2) is 12.1 Å². The molecule has 2 amide bonds. The zero-order valence-corrected chi connectivity index (χ0v) is 18.7. The third kappa shape index (κ3) is 4.10. The van der Waals surface area contributed by atoms with Crippen molar-refractivity contribution >= 4 is 17.7 Å². The van der Waals surface area contributed by atoms with E-state index < -0.39 is 22.9 Å². The number of rotatable bonds is 4. The van der Waals surface area contributed by atoms with Crippen LogP contribution in [0, 0.1) is 5.82 Å². The number of nitrogens with zero attached hydrogens (tertiary/aromatic N) is 3. The molecule has 8 heteroatoms. The zero-order valence-electron chi connectivity index (χ0n) is 18.7. The van der Waals surface area contributed by atoms with E-state index in [2.05, 4.69) is 0 Å². The van der Waals surface area contributed by atoms with Gasteiger partial charge in [-0.15, -0.1) is 0 Å². The van der Waals surface area contributed by atoms with Crippen LogP contribution in [0.2, 0.25) is 0 Å². The fraction of sp³-hybridized carbons (Fsp3) is 0.636. The quantitative estimate of drug-likeness (QED) is 0.748. The molecule has 166 valence electrons. The summed E-state index contributed by atoms with van der Waals surface area (Å²) in [6, 6.07) is 2.96. The molecular formula is C22H32FN3O4. The lowest BCUT2D eigenvalue weighted by Gasteiger charge is -2.38. The van der Waals surface area contributed by atoms with E-state index in [4.69, 9.17) is 9.47 Å². The maximum Gasteiger partial charge on any atom is 0.410 e. The fourth-order valence-electron chi connectivity index (χ4n) is 4.18. The highest BCUT2D eigenvalue weighted by molar-refractivity contribution is 6.09. The van der Waals surface area contributed by atoms with Crippen molar-refractivity contribution in [3.63, 3.8) is 0 Å². The molecule has 0 unspecified atom stereocenters. The number of carbonyl (C=O) groups excluding carboxylic acids is 2. The maximum absolute atomic E-state index is 15.0. The third-order valence-corrected chi connectivity index (χ3v) is 5.68. The second-order valence-corrected chi connectivity index (χ2v) is 9.33. The molecule has 1 saturated heterocycles. The molecule has 1 aromatic carbocycles. The lowest BCUT2D eigenvalue weighted by atomic mass is 9.73. The molecule has 0 aliphatic carbocycles. The fourth-order valence-corrected chi connectivity index (χ4v) is 4.18. The van der Waals surface area contributed by atoms with Crippen molar-refractivity contribution in [2.24, 2.45) is 0 Å². The Morgan fingerprint density at radius 1 is 1.23 bits per heavy atom. The smallest absolute Gasteiger partial charge is 0.410 e. The Kier molecular flexibility index (Phi) is 6.00. The molecule has 30 heavy (non-hydrogen) atoms. The Bertz CT molecular complexity index is 826. The van der Waals surface area contributed by atoms with Crippen molar-refractivity contribution in [2.45, 2.75) is 44.6 Å². The van der Waals surface area contributed by atoms with Crippen molar-refractivity contribution in [2.75, 3.05) is 52.3 Å². The van der Waals surface area contributed by atoms with Crippen molar-refractivity contribution in [1.29, 1.82) is 0 Å². The van der Waals surface area contributed by atoms with Crippen LogP contribution < -0.4 is 9.64 Å². The summed E-state index contributed by atoms with van der Waals surface area (Å²) in [6.45, 7) is 7.25. The van der Waals surface area contributed by atoms with Crippen LogP contribution in [-0.4, -0.2) is 74.8 Å². The lowest BCUT2D eigenvalue weighted by molar-refractivity contribution is -0.124. The van der Waals surface area contributed by atoms with Crippen LogP contribution in [0.4, 0.5) is 14.9 Å². The summed E-state index contributed by atoms with van der Waals surface area (Å²) in [7, 11) is 5.55. The van der Waals surface area contributed by atoms with Crippen molar-refractivity contribution in [3.05, 3.63) is 23.5 Å². The first-order chi connectivity index (χ1) is 14.0. The molecule has 1 aromatic rings. The number of benzene rings is 1. The Morgan fingerprint density at radius 3 is 2.43 bits per heavy atom. The van der Waals surface area contributed by atoms with Gasteiger partial charge in [-0.25, -0.2) is 9.18 Å². The highest BCUT2D eigenvalue weighted by Gasteiger charge is 2.54. The van der Waals surface area contributed by atoms with Gasteiger partial charge < -0.3 is 24.2 Å². The number of hydrogen-bond donors (Lipinski definition) is 0. The summed E-state index contributed by atoms with van der Waals surface area (Å²) in [6.07, 6.45) is 0.290. The Morgan fingerprint density at radius 2 is 1.87 bits per heavy atom. The average Bonchev–Trinajstić information content (AvgIpc) is 2.86. The van der Waals surface area contributed by atoms with E-state index in [1.807, 2.05) is 39.8 Å². The van der Waals surface area contributed by atoms with Gasteiger partial charge in [0.25, 0.3) is 0 Å². The monoisotopic (exact) mass is 421 g/mol. The van der Waals surface area contributed by atoms with Gasteiger partial charge in [0.1, 0.15) is 23.8 Å². The molecule has 2 aliphatic heterocycles. The molecule has 0 saturated carbocycles. The van der Waals surface area contributed by atoms with Crippen LogP contribution in [0.3, 0.4) is 0 Å². The number of likely N-dealkylation sites (tertiary alicyclic amines) is 1. The maximum atomic E-state index is 15.0. The summed E-state index contributed by atoms with van der Waals surface area (Å²) in [4.78, 5) is 30.8. The summed E-state index contributed by atoms with van der Waals surface area (Å²) in [5, 5.41) is 0. The summed E-state index contributed by atoms with van der Waals surface area (Å²) in [5.74, 6) is -0.0483. The number of amides is 2. The zero-order chi connectivity index (χ0) is 22.3. The third-order valence-electron chi connectivity index (χ3n) is 5.68. The minimum Gasteiger partial charge on any atom is -0.490 e. The van der Waals surface area contributed by atoms with Crippen LogP contribution in [0.25, 0.3) is 0 Å². The summed E-state index contributed by atoms with van der Waals surface area (Å²) in [5.41, 5.74) is -0.675. The van der Waals surface area contributed by atoms with Gasteiger partial charge in [0.2, 0.25) is 5.91 Å². The molecule has 0 radical (unpaired) electrons. The molecule has 3 rings (SSSR count). The van der Waals surface area contributed by atoms with Crippen LogP contribution in [-0.2, 0) is 14.9 Å². The predicted octanol–water partition coefficient (Wildman–Crippen LogP) is 3.01. The number of carbonyl (C=O) groups is 2. The molecule has 1 fully saturated rings. The molecule has 1 spiro atoms. The number of fused-ring (bicyclic) bond motifs is 2. The topological polar surface area (TPSA) is 62.3 Å². The standard InChI is InChI=1S/C22H32FN3O4/c1-21(2,3)30-20(28)26-11-9-22(10-12-26)17-15(23)7-8-16(29-14-13-24(4)5)18(17)25(6)19(22)27/h7-8H,9-14H2,1-6H3. The number of ether oxygens (including phenoxy) is 2. The lowest BCUT2D eigenvalue weighted by Crippen LogP contribution is -2.50. The van der Waals surface area contributed by atoms with Gasteiger partial charge in [-0.1, -0.05) is 0 Å². The first kappa shape index (κ1) is 22.3. The average molecular weight is 422 g/mol. The highest BCUT2D eigenvalue weighted by Crippen LogP contribution is 2.52. The number of anilines is 1. The van der Waals surface area contributed by atoms with E-state index in [-0.39, 0.29) is 5.91 Å². The van der Waals surface area contributed by atoms with Gasteiger partial charge in [-0.05, 0) is 59.8 Å². The highest BCUT2D eigenvalue weighted by atomic mass is 19.1. The van der Waals surface area contributed by atoms with E-state index >= 15 is 4.39 Å². The van der Waals surface area contributed by atoms with E-state index in [9.17, 15) is 9.59 Å². The molecule has 0 bridgehead atoms. The number of piperidine rings is 1. The van der Waals surface area contributed by atoms with Gasteiger partial charge in [-0.2, -0.15) is 0 Å². The molecule has 2 heterocycles. The normalized spacial score (nSPS) is 18.2. The number of halogens is 1. The summed E-state index contributed by atoms with van der Waals surface area (Å²) >= 11 is 0. The largest absolute Gasteiger partial charge is 0.490 e. The van der Waals surface area contributed by atoms with Gasteiger partial charge in [0.05, 0.1) is 11.1 Å². The second-order valence-electron chi connectivity index (χ2n) is 9.33. The molecule has 0 atom stereocenters. The van der Waals surface area contributed by atoms with Crippen LogP contribution in [0.5, 0.6) is 5.75 Å². The number of hydrogen-bond acceptors (Lipinski definition) is 5. The SMILES string of the molecule is CN(C)CCOc1ccc(F)c2c1N(C)C(=O)C21CCN(C(=O)OC(C)(C)C)CC1. The Balaban J connectivity index is 1.86. The van der Waals surface area contributed by atoms with Gasteiger partial charge >= 0.3 is 6.09 Å². The summed E-state index contributed by atoms with van der Waals surface area (Å²) < 4.78 is 26.4. The van der Waals surface area contributed by atoms with E-state index in [1.54, 1.807) is 18.0 Å². The predicted molar refractivity (Wildman–Crippen MR) is 113 cm³/mol. The van der Waals surface area contributed by atoms with Crippen molar-refractivity contribution < 1.29 is 23.5 Å². The van der Waals surface area contributed by atoms with Gasteiger partial charge in [0.15, 0.2) is 0 Å². The minimum absolute atomic E-state index is 0.149. The van der Waals surface area contributed by atoms with Crippen molar-refractivity contribution in [3.8, 4) is 5.75 Å². The number of likely N-dealkylation sites (N-methyl/N-ethyl adjacent to an activating group) is 2. The van der Waals surface area contributed by atoms with Crippen molar-refractivity contribution in [1.82, 2.24) is 9.80 Å². The Hall–Kier alpha value is -2.35. The van der Waals surface area contributed by atoms with E-state index in [1.165, 1.54) is 11.0 Å². The van der Waals surface area contributed by atoms with Gasteiger partial charge in [-0.3, -0.25) is 4.79 Å². The first-order valence-corrected chi connectivity index (χ1v) is 10.3. The van der Waals surface area contributed by atoms with E-state index in [0.717, 1.165) is 0 Å². The first-order valence-electron chi connectivity index (χ1n) is 10.3.